The Morgan fingerprint density at radius 2 is 1.87 bits per heavy atom. The summed E-state index contributed by atoms with van der Waals surface area (Å²) in [5.41, 5.74) is 0.608. The first-order valence-electron chi connectivity index (χ1n) is 7.99. The molecule has 2 rings (SSSR count). The van der Waals surface area contributed by atoms with Crippen LogP contribution in [0.1, 0.15) is 45.4 Å². The summed E-state index contributed by atoms with van der Waals surface area (Å²) in [5, 5.41) is 3.64. The smallest absolute Gasteiger partial charge is 0.226 e. The van der Waals surface area contributed by atoms with Crippen molar-refractivity contribution in [2.24, 2.45) is 0 Å². The second kappa shape index (κ2) is 8.55. The van der Waals surface area contributed by atoms with Gasteiger partial charge in [0.15, 0.2) is 0 Å². The van der Waals surface area contributed by atoms with Crippen LogP contribution in [0.3, 0.4) is 0 Å². The number of carbonyl (C=O) groups is 2. The molecule has 0 atom stereocenters. The van der Waals surface area contributed by atoms with Crippen molar-refractivity contribution < 1.29 is 9.59 Å². The maximum Gasteiger partial charge on any atom is 0.226 e. The van der Waals surface area contributed by atoms with E-state index in [9.17, 15) is 9.59 Å². The molecule has 1 saturated carbocycles. The average molecular weight is 357 g/mol. The van der Waals surface area contributed by atoms with E-state index in [0.29, 0.717) is 22.3 Å². The first-order chi connectivity index (χ1) is 11.0. The van der Waals surface area contributed by atoms with Gasteiger partial charge in [-0.3, -0.25) is 9.59 Å². The summed E-state index contributed by atoms with van der Waals surface area (Å²) in [6, 6.07) is 5.24. The summed E-state index contributed by atoms with van der Waals surface area (Å²) < 4.78 is 0. The summed E-state index contributed by atoms with van der Waals surface area (Å²) in [4.78, 5) is 25.8. The Morgan fingerprint density at radius 3 is 2.48 bits per heavy atom. The lowest BCUT2D eigenvalue weighted by molar-refractivity contribution is -0.132. The fraction of sp³-hybridized carbons (Fsp3) is 0.529. The predicted octanol–water partition coefficient (Wildman–Crippen LogP) is 4.50. The van der Waals surface area contributed by atoms with Crippen LogP contribution in [0.2, 0.25) is 10.0 Å². The van der Waals surface area contributed by atoms with Crippen LogP contribution in [0.5, 0.6) is 0 Å². The van der Waals surface area contributed by atoms with Gasteiger partial charge in [-0.1, -0.05) is 42.5 Å². The number of amides is 2. The van der Waals surface area contributed by atoms with Crippen LogP contribution >= 0.6 is 23.2 Å². The zero-order valence-corrected chi connectivity index (χ0v) is 14.8. The Hall–Kier alpha value is -1.26. The highest BCUT2D eigenvalue weighted by atomic mass is 35.5. The number of nitrogens with one attached hydrogen (secondary N) is 1. The molecule has 0 radical (unpaired) electrons. The lowest BCUT2D eigenvalue weighted by atomic mass is 9.94. The summed E-state index contributed by atoms with van der Waals surface area (Å²) in [6.45, 7) is 2.03. The second-order valence-corrected chi connectivity index (χ2v) is 6.75. The van der Waals surface area contributed by atoms with Crippen LogP contribution in [0.25, 0.3) is 0 Å². The lowest BCUT2D eigenvalue weighted by Gasteiger charge is -2.33. The molecule has 1 fully saturated rings. The van der Waals surface area contributed by atoms with Crippen LogP contribution in [0.4, 0.5) is 5.69 Å². The molecular formula is C17H22Cl2N2O2. The van der Waals surface area contributed by atoms with Gasteiger partial charge in [-0.2, -0.15) is 0 Å². The van der Waals surface area contributed by atoms with Gasteiger partial charge in [0, 0.05) is 31.6 Å². The zero-order chi connectivity index (χ0) is 16.8. The molecule has 23 heavy (non-hydrogen) atoms. The molecule has 0 saturated heterocycles. The molecule has 1 aliphatic rings. The van der Waals surface area contributed by atoms with Crippen molar-refractivity contribution in [3.63, 3.8) is 0 Å². The number of rotatable bonds is 5. The fourth-order valence-corrected chi connectivity index (χ4v) is 3.31. The first-order valence-corrected chi connectivity index (χ1v) is 8.75. The molecule has 0 spiro atoms. The minimum atomic E-state index is -0.134. The third-order valence-electron chi connectivity index (χ3n) is 4.20. The highest BCUT2D eigenvalue weighted by molar-refractivity contribution is 6.42. The van der Waals surface area contributed by atoms with Crippen LogP contribution in [-0.4, -0.2) is 29.3 Å². The fourth-order valence-electron chi connectivity index (χ4n) is 3.01. The first kappa shape index (κ1) is 18.1. The molecule has 1 aromatic carbocycles. The van der Waals surface area contributed by atoms with Gasteiger partial charge in [-0.05, 0) is 31.0 Å². The van der Waals surface area contributed by atoms with Gasteiger partial charge in [-0.15, -0.1) is 0 Å². The summed E-state index contributed by atoms with van der Waals surface area (Å²) in [7, 11) is 0. The highest BCUT2D eigenvalue weighted by Crippen LogP contribution is 2.25. The number of nitrogens with zero attached hydrogens (tertiary/aromatic N) is 1. The molecule has 2 amide bonds. The topological polar surface area (TPSA) is 49.4 Å². The maximum absolute atomic E-state index is 12.1. The number of hydrogen-bond acceptors (Lipinski definition) is 2. The quantitative estimate of drug-likeness (QED) is 0.843. The van der Waals surface area contributed by atoms with Gasteiger partial charge in [0.1, 0.15) is 0 Å². The molecular weight excluding hydrogens is 335 g/mol. The van der Waals surface area contributed by atoms with E-state index in [4.69, 9.17) is 23.2 Å². The molecule has 6 heteroatoms. The van der Waals surface area contributed by atoms with Crippen LogP contribution in [-0.2, 0) is 9.59 Å². The van der Waals surface area contributed by atoms with Crippen LogP contribution in [0.15, 0.2) is 18.2 Å². The highest BCUT2D eigenvalue weighted by Gasteiger charge is 2.23. The van der Waals surface area contributed by atoms with E-state index in [1.165, 1.54) is 6.42 Å². The Labute approximate surface area is 147 Å². The Balaban J connectivity index is 1.88. The molecule has 4 nitrogen and oxygen atoms in total. The molecule has 1 aromatic rings. The van der Waals surface area contributed by atoms with E-state index in [1.54, 1.807) is 25.1 Å². The van der Waals surface area contributed by atoms with E-state index in [2.05, 4.69) is 5.32 Å². The van der Waals surface area contributed by atoms with Gasteiger partial charge in [-0.25, -0.2) is 0 Å². The third kappa shape index (κ3) is 5.40. The standard InChI is InChI=1S/C17H22Cl2N2O2/c1-12(22)21(14-5-3-2-4-6-14)10-9-17(23)20-13-7-8-15(18)16(19)11-13/h7-8,11,14H,2-6,9-10H2,1H3,(H,20,23). The van der Waals surface area contributed by atoms with Gasteiger partial charge in [0.25, 0.3) is 0 Å². The molecule has 0 aromatic heterocycles. The van der Waals surface area contributed by atoms with Crippen LogP contribution in [0, 0.1) is 0 Å². The maximum atomic E-state index is 12.1. The third-order valence-corrected chi connectivity index (χ3v) is 4.94. The summed E-state index contributed by atoms with van der Waals surface area (Å²) in [5.74, 6) is -0.0929. The van der Waals surface area contributed by atoms with Crippen molar-refractivity contribution in [3.05, 3.63) is 28.2 Å². The minimum absolute atomic E-state index is 0.0410. The van der Waals surface area contributed by atoms with Crippen molar-refractivity contribution in [1.82, 2.24) is 4.90 Å². The largest absolute Gasteiger partial charge is 0.339 e. The van der Waals surface area contributed by atoms with Crippen molar-refractivity contribution in [2.75, 3.05) is 11.9 Å². The predicted molar refractivity (Wildman–Crippen MR) is 94.0 cm³/mol. The second-order valence-electron chi connectivity index (χ2n) is 5.93. The van der Waals surface area contributed by atoms with Gasteiger partial charge >= 0.3 is 0 Å². The van der Waals surface area contributed by atoms with Crippen molar-refractivity contribution in [2.45, 2.75) is 51.5 Å². The number of anilines is 1. The van der Waals surface area contributed by atoms with E-state index in [1.807, 2.05) is 4.90 Å². The molecule has 0 unspecified atom stereocenters. The zero-order valence-electron chi connectivity index (χ0n) is 13.3. The van der Waals surface area contributed by atoms with Gasteiger partial charge in [0.2, 0.25) is 11.8 Å². The van der Waals surface area contributed by atoms with E-state index < -0.39 is 0 Å². The Kier molecular flexibility index (Phi) is 6.72. The number of halogens is 2. The SMILES string of the molecule is CC(=O)N(CCC(=O)Nc1ccc(Cl)c(Cl)c1)C1CCCCC1. The molecule has 1 N–H and O–H groups in total. The Bertz CT molecular complexity index is 572. The van der Waals surface area contributed by atoms with E-state index in [-0.39, 0.29) is 24.3 Å². The van der Waals surface area contributed by atoms with Gasteiger partial charge < -0.3 is 10.2 Å². The number of hydrogen-bond donors (Lipinski definition) is 1. The van der Waals surface area contributed by atoms with Crippen molar-refractivity contribution in [3.8, 4) is 0 Å². The molecule has 0 bridgehead atoms. The van der Waals surface area contributed by atoms with E-state index >= 15 is 0 Å². The number of carbonyl (C=O) groups excluding carboxylic acids is 2. The van der Waals surface area contributed by atoms with E-state index in [0.717, 1.165) is 25.7 Å². The average Bonchev–Trinajstić information content (AvgIpc) is 2.52. The summed E-state index contributed by atoms with van der Waals surface area (Å²) >= 11 is 11.8. The summed E-state index contributed by atoms with van der Waals surface area (Å²) in [6.07, 6.45) is 5.90. The minimum Gasteiger partial charge on any atom is -0.339 e. The number of benzene rings is 1. The molecule has 126 valence electrons. The van der Waals surface area contributed by atoms with Gasteiger partial charge in [0.05, 0.1) is 10.0 Å². The van der Waals surface area contributed by atoms with Crippen LogP contribution < -0.4 is 5.32 Å². The normalized spacial score (nSPS) is 15.3. The monoisotopic (exact) mass is 356 g/mol. The Morgan fingerprint density at radius 1 is 1.17 bits per heavy atom. The van der Waals surface area contributed by atoms with Crippen molar-refractivity contribution in [1.29, 1.82) is 0 Å². The lowest BCUT2D eigenvalue weighted by Crippen LogP contribution is -2.41. The molecule has 0 heterocycles. The van der Waals surface area contributed by atoms with Crippen molar-refractivity contribution >= 4 is 40.7 Å². The molecule has 1 aliphatic carbocycles. The molecule has 0 aliphatic heterocycles.